The van der Waals surface area contributed by atoms with Gasteiger partial charge in [-0.1, -0.05) is 6.07 Å². The number of hydrogen-bond acceptors (Lipinski definition) is 4. The van der Waals surface area contributed by atoms with Crippen LogP contribution in [0, 0.1) is 19.7 Å². The fraction of sp³-hybridized carbons (Fsp3) is 0.357. The van der Waals surface area contributed by atoms with Gasteiger partial charge in [0, 0.05) is 4.88 Å². The van der Waals surface area contributed by atoms with Gasteiger partial charge in [-0.2, -0.15) is 0 Å². The van der Waals surface area contributed by atoms with Gasteiger partial charge in [-0.15, -0.1) is 11.3 Å². The first-order chi connectivity index (χ1) is 9.06. The number of aryl methyl sites for hydroxylation is 2. The van der Waals surface area contributed by atoms with Gasteiger partial charge >= 0.3 is 0 Å². The van der Waals surface area contributed by atoms with E-state index in [-0.39, 0.29) is 17.6 Å². The molecular formula is C14H17FN2OS. The highest BCUT2D eigenvalue weighted by Gasteiger charge is 2.19. The van der Waals surface area contributed by atoms with Gasteiger partial charge in [0.15, 0.2) is 11.6 Å². The predicted octanol–water partition coefficient (Wildman–Crippen LogP) is 3.22. The van der Waals surface area contributed by atoms with Gasteiger partial charge in [-0.05, 0) is 38.6 Å². The molecule has 0 radical (unpaired) electrons. The van der Waals surface area contributed by atoms with Crippen molar-refractivity contribution < 1.29 is 9.13 Å². The molecule has 0 fully saturated rings. The molecule has 1 atom stereocenters. The molecule has 0 bridgehead atoms. The lowest BCUT2D eigenvalue weighted by Gasteiger charge is -2.16. The Morgan fingerprint density at radius 2 is 2.11 bits per heavy atom. The van der Waals surface area contributed by atoms with E-state index in [1.54, 1.807) is 17.4 Å². The van der Waals surface area contributed by atoms with Crippen LogP contribution >= 0.6 is 11.3 Å². The minimum absolute atomic E-state index is 0.0494. The highest BCUT2D eigenvalue weighted by Crippen LogP contribution is 2.31. The van der Waals surface area contributed by atoms with Crippen molar-refractivity contribution in [3.8, 4) is 5.75 Å². The van der Waals surface area contributed by atoms with Crippen LogP contribution in [-0.4, -0.2) is 19.1 Å². The molecule has 0 aliphatic heterocycles. The monoisotopic (exact) mass is 280 g/mol. The van der Waals surface area contributed by atoms with Gasteiger partial charge < -0.3 is 10.1 Å². The fourth-order valence-corrected chi connectivity index (χ4v) is 3.19. The zero-order chi connectivity index (χ0) is 14.0. The van der Waals surface area contributed by atoms with Crippen LogP contribution in [0.2, 0.25) is 0 Å². The van der Waals surface area contributed by atoms with Crippen molar-refractivity contribution >= 4 is 11.3 Å². The molecule has 0 saturated heterocycles. The molecule has 0 spiro atoms. The molecule has 19 heavy (non-hydrogen) atoms. The SMILES string of the molecule is CNC(c1ccc(OC)c(F)c1)c1sc(C)nc1C. The van der Waals surface area contributed by atoms with E-state index in [2.05, 4.69) is 10.3 Å². The number of aromatic nitrogens is 1. The number of nitrogens with one attached hydrogen (secondary N) is 1. The zero-order valence-electron chi connectivity index (χ0n) is 11.5. The summed E-state index contributed by atoms with van der Waals surface area (Å²) in [5, 5.41) is 4.23. The van der Waals surface area contributed by atoms with Crippen molar-refractivity contribution in [2.75, 3.05) is 14.2 Å². The third-order valence-electron chi connectivity index (χ3n) is 3.00. The first-order valence-electron chi connectivity index (χ1n) is 6.01. The first-order valence-corrected chi connectivity index (χ1v) is 6.83. The summed E-state index contributed by atoms with van der Waals surface area (Å²) in [6.07, 6.45) is 0. The molecule has 1 unspecified atom stereocenters. The summed E-state index contributed by atoms with van der Waals surface area (Å²) in [5.41, 5.74) is 1.85. The molecule has 0 aliphatic carbocycles. The second kappa shape index (κ2) is 5.67. The molecule has 1 aromatic heterocycles. The van der Waals surface area contributed by atoms with Gasteiger partial charge in [-0.25, -0.2) is 9.37 Å². The Labute approximate surface area is 116 Å². The lowest BCUT2D eigenvalue weighted by atomic mass is 10.0. The molecule has 1 N–H and O–H groups in total. The second-order valence-corrected chi connectivity index (χ2v) is 5.53. The molecule has 2 rings (SSSR count). The van der Waals surface area contributed by atoms with Crippen molar-refractivity contribution in [3.63, 3.8) is 0 Å². The van der Waals surface area contributed by atoms with E-state index in [1.807, 2.05) is 27.0 Å². The lowest BCUT2D eigenvalue weighted by molar-refractivity contribution is 0.386. The van der Waals surface area contributed by atoms with Crippen LogP contribution in [0.3, 0.4) is 0 Å². The Bertz CT molecular complexity index is 583. The van der Waals surface area contributed by atoms with Crippen LogP contribution < -0.4 is 10.1 Å². The number of hydrogen-bond donors (Lipinski definition) is 1. The minimum atomic E-state index is -0.348. The molecule has 1 aromatic carbocycles. The molecule has 2 aromatic rings. The van der Waals surface area contributed by atoms with Crippen molar-refractivity contribution in [2.45, 2.75) is 19.9 Å². The number of ether oxygens (including phenoxy) is 1. The van der Waals surface area contributed by atoms with Crippen molar-refractivity contribution in [3.05, 3.63) is 45.2 Å². The number of thiazole rings is 1. The highest BCUT2D eigenvalue weighted by molar-refractivity contribution is 7.11. The van der Waals surface area contributed by atoms with E-state index in [0.717, 1.165) is 21.1 Å². The average Bonchev–Trinajstić information content (AvgIpc) is 2.70. The third kappa shape index (κ3) is 2.77. The second-order valence-electron chi connectivity index (χ2n) is 4.30. The summed E-state index contributed by atoms with van der Waals surface area (Å²) in [5.74, 6) is -0.0880. The number of rotatable bonds is 4. The highest BCUT2D eigenvalue weighted by atomic mass is 32.1. The molecule has 0 saturated carbocycles. The zero-order valence-corrected chi connectivity index (χ0v) is 12.3. The summed E-state index contributed by atoms with van der Waals surface area (Å²) in [4.78, 5) is 5.54. The average molecular weight is 280 g/mol. The van der Waals surface area contributed by atoms with Gasteiger partial charge in [0.25, 0.3) is 0 Å². The Hall–Kier alpha value is -1.46. The smallest absolute Gasteiger partial charge is 0.165 e. The van der Waals surface area contributed by atoms with Crippen LogP contribution in [0.15, 0.2) is 18.2 Å². The van der Waals surface area contributed by atoms with Crippen molar-refractivity contribution in [1.82, 2.24) is 10.3 Å². The largest absolute Gasteiger partial charge is 0.494 e. The number of halogens is 1. The van der Waals surface area contributed by atoms with E-state index in [9.17, 15) is 4.39 Å². The summed E-state index contributed by atoms with van der Waals surface area (Å²) >= 11 is 1.63. The van der Waals surface area contributed by atoms with Crippen molar-refractivity contribution in [2.24, 2.45) is 0 Å². The Balaban J connectivity index is 2.42. The topological polar surface area (TPSA) is 34.1 Å². The number of benzene rings is 1. The fourth-order valence-electron chi connectivity index (χ4n) is 2.13. The maximum atomic E-state index is 13.8. The number of methoxy groups -OCH3 is 1. The van der Waals surface area contributed by atoms with Gasteiger partial charge in [0.1, 0.15) is 0 Å². The maximum absolute atomic E-state index is 13.8. The summed E-state index contributed by atoms with van der Waals surface area (Å²) < 4.78 is 18.7. The van der Waals surface area contributed by atoms with Gasteiger partial charge in [-0.3, -0.25) is 0 Å². The molecule has 0 amide bonds. The van der Waals surface area contributed by atoms with Gasteiger partial charge in [0.05, 0.1) is 23.9 Å². The normalized spacial score (nSPS) is 12.5. The molecule has 0 aliphatic rings. The molecule has 3 nitrogen and oxygen atoms in total. The predicted molar refractivity (Wildman–Crippen MR) is 75.4 cm³/mol. The molecule has 102 valence electrons. The first kappa shape index (κ1) is 14.0. The van der Waals surface area contributed by atoms with E-state index < -0.39 is 0 Å². The van der Waals surface area contributed by atoms with Crippen LogP contribution in [0.4, 0.5) is 4.39 Å². The standard InChI is InChI=1S/C14H17FN2OS/c1-8-14(19-9(2)17-8)13(16-3)10-5-6-12(18-4)11(15)7-10/h5-7,13,16H,1-4H3. The minimum Gasteiger partial charge on any atom is -0.494 e. The van der Waals surface area contributed by atoms with Crippen LogP contribution in [-0.2, 0) is 0 Å². The van der Waals surface area contributed by atoms with Crippen molar-refractivity contribution in [1.29, 1.82) is 0 Å². The van der Waals surface area contributed by atoms with Crippen LogP contribution in [0.5, 0.6) is 5.75 Å². The van der Waals surface area contributed by atoms with Gasteiger partial charge in [0.2, 0.25) is 0 Å². The summed E-state index contributed by atoms with van der Waals surface area (Å²) in [6.45, 7) is 3.95. The van der Waals surface area contributed by atoms with Crippen LogP contribution in [0.1, 0.15) is 27.2 Å². The number of nitrogens with zero attached hydrogens (tertiary/aromatic N) is 1. The molecular weight excluding hydrogens is 263 g/mol. The lowest BCUT2D eigenvalue weighted by Crippen LogP contribution is -2.17. The molecule has 1 heterocycles. The van der Waals surface area contributed by atoms with E-state index in [1.165, 1.54) is 13.2 Å². The third-order valence-corrected chi connectivity index (χ3v) is 4.14. The Morgan fingerprint density at radius 3 is 2.58 bits per heavy atom. The quantitative estimate of drug-likeness (QED) is 0.933. The summed E-state index contributed by atoms with van der Waals surface area (Å²) in [6, 6.07) is 4.98. The Morgan fingerprint density at radius 1 is 1.37 bits per heavy atom. The van der Waals surface area contributed by atoms with E-state index in [4.69, 9.17) is 4.74 Å². The molecule has 5 heteroatoms. The summed E-state index contributed by atoms with van der Waals surface area (Å²) in [7, 11) is 3.33. The van der Waals surface area contributed by atoms with E-state index in [0.29, 0.717) is 0 Å². The maximum Gasteiger partial charge on any atom is 0.165 e. The van der Waals surface area contributed by atoms with Crippen LogP contribution in [0.25, 0.3) is 0 Å². The van der Waals surface area contributed by atoms with E-state index >= 15 is 0 Å². The Kier molecular flexibility index (Phi) is 4.17.